The number of aromatic nitrogens is 3. The summed E-state index contributed by atoms with van der Waals surface area (Å²) in [7, 11) is 2.96. The van der Waals surface area contributed by atoms with Crippen LogP contribution in [0.15, 0.2) is 0 Å². The number of hydrogen-bond donors (Lipinski definition) is 2. The monoisotopic (exact) mass is 282 g/mol. The zero-order chi connectivity index (χ0) is 14.6. The standard InChI is InChI=1S/C13H22N4O3/c1-9-4-6-13(18,7-5-9)8-14-10-15-11(19-2)17-12(16-10)20-3/h9,18H,4-8H2,1-3H3,(H,14,15,16,17). The van der Waals surface area contributed by atoms with Gasteiger partial charge in [0.1, 0.15) is 0 Å². The van der Waals surface area contributed by atoms with Gasteiger partial charge in [0.2, 0.25) is 5.95 Å². The molecule has 0 bridgehead atoms. The SMILES string of the molecule is COc1nc(NCC2(O)CCC(C)CC2)nc(OC)n1. The van der Waals surface area contributed by atoms with E-state index < -0.39 is 5.60 Å². The van der Waals surface area contributed by atoms with E-state index in [4.69, 9.17) is 9.47 Å². The van der Waals surface area contributed by atoms with E-state index in [9.17, 15) is 5.11 Å². The zero-order valence-electron chi connectivity index (χ0n) is 12.2. The van der Waals surface area contributed by atoms with E-state index in [1.165, 1.54) is 14.2 Å². The van der Waals surface area contributed by atoms with Gasteiger partial charge in [-0.15, -0.1) is 4.98 Å². The number of ether oxygens (including phenoxy) is 2. The first-order valence-corrected chi connectivity index (χ1v) is 6.85. The highest BCUT2D eigenvalue weighted by Crippen LogP contribution is 2.31. The normalized spacial score (nSPS) is 26.1. The van der Waals surface area contributed by atoms with Crippen molar-refractivity contribution in [3.05, 3.63) is 0 Å². The molecule has 1 aromatic heterocycles. The summed E-state index contributed by atoms with van der Waals surface area (Å²) in [4.78, 5) is 12.1. The molecule has 1 aliphatic carbocycles. The number of nitrogens with zero attached hydrogens (tertiary/aromatic N) is 3. The lowest BCUT2D eigenvalue weighted by Crippen LogP contribution is -2.40. The van der Waals surface area contributed by atoms with Crippen molar-refractivity contribution in [1.82, 2.24) is 15.0 Å². The molecular weight excluding hydrogens is 260 g/mol. The molecule has 7 heteroatoms. The third-order valence-electron chi connectivity index (χ3n) is 3.74. The van der Waals surface area contributed by atoms with E-state index in [0.29, 0.717) is 18.4 Å². The summed E-state index contributed by atoms with van der Waals surface area (Å²) in [6, 6.07) is 0.368. The van der Waals surface area contributed by atoms with E-state index >= 15 is 0 Å². The van der Waals surface area contributed by atoms with Crippen molar-refractivity contribution < 1.29 is 14.6 Å². The van der Waals surface area contributed by atoms with Gasteiger partial charge in [-0.25, -0.2) is 0 Å². The summed E-state index contributed by atoms with van der Waals surface area (Å²) in [5.41, 5.74) is -0.695. The van der Waals surface area contributed by atoms with Crippen molar-refractivity contribution in [2.75, 3.05) is 26.1 Å². The van der Waals surface area contributed by atoms with Crippen molar-refractivity contribution in [3.8, 4) is 12.0 Å². The molecule has 0 aromatic carbocycles. The number of methoxy groups -OCH3 is 2. The highest BCUT2D eigenvalue weighted by Gasteiger charge is 2.31. The molecular formula is C13H22N4O3. The Morgan fingerprint density at radius 1 is 1.15 bits per heavy atom. The molecule has 1 aliphatic rings. The lowest BCUT2D eigenvalue weighted by molar-refractivity contribution is 0.00485. The number of rotatable bonds is 5. The highest BCUT2D eigenvalue weighted by atomic mass is 16.5. The minimum Gasteiger partial charge on any atom is -0.467 e. The van der Waals surface area contributed by atoms with Crippen LogP contribution in [-0.4, -0.2) is 46.4 Å². The summed E-state index contributed by atoms with van der Waals surface area (Å²) >= 11 is 0. The topological polar surface area (TPSA) is 89.4 Å². The molecule has 1 fully saturated rings. The number of aliphatic hydroxyl groups is 1. The van der Waals surface area contributed by atoms with E-state index in [1.807, 2.05) is 0 Å². The first kappa shape index (κ1) is 14.8. The van der Waals surface area contributed by atoms with Gasteiger partial charge in [0.05, 0.1) is 19.8 Å². The van der Waals surface area contributed by atoms with Crippen molar-refractivity contribution in [1.29, 1.82) is 0 Å². The fourth-order valence-corrected chi connectivity index (χ4v) is 2.32. The molecule has 1 heterocycles. The van der Waals surface area contributed by atoms with Crippen LogP contribution in [0.25, 0.3) is 0 Å². The Balaban J connectivity index is 1.99. The van der Waals surface area contributed by atoms with Gasteiger partial charge in [-0.3, -0.25) is 0 Å². The molecule has 2 rings (SSSR count). The van der Waals surface area contributed by atoms with Crippen LogP contribution in [0.2, 0.25) is 0 Å². The minimum atomic E-state index is -0.695. The van der Waals surface area contributed by atoms with E-state index in [-0.39, 0.29) is 12.0 Å². The van der Waals surface area contributed by atoms with E-state index in [1.54, 1.807) is 0 Å². The summed E-state index contributed by atoms with van der Waals surface area (Å²) in [6.07, 6.45) is 3.67. The molecule has 20 heavy (non-hydrogen) atoms. The molecule has 0 radical (unpaired) electrons. The maximum absolute atomic E-state index is 10.5. The quantitative estimate of drug-likeness (QED) is 0.839. The summed E-state index contributed by atoms with van der Waals surface area (Å²) in [5, 5.41) is 13.6. The molecule has 112 valence electrons. The minimum absolute atomic E-state index is 0.184. The van der Waals surface area contributed by atoms with Crippen LogP contribution in [0, 0.1) is 5.92 Å². The van der Waals surface area contributed by atoms with Gasteiger partial charge in [0, 0.05) is 6.54 Å². The Bertz CT molecular complexity index is 425. The van der Waals surface area contributed by atoms with Gasteiger partial charge in [-0.2, -0.15) is 9.97 Å². The first-order valence-electron chi connectivity index (χ1n) is 6.85. The summed E-state index contributed by atoms with van der Waals surface area (Å²) in [6.45, 7) is 2.63. The van der Waals surface area contributed by atoms with Crippen LogP contribution in [0.3, 0.4) is 0 Å². The van der Waals surface area contributed by atoms with Crippen LogP contribution in [0.4, 0.5) is 5.95 Å². The average molecular weight is 282 g/mol. The molecule has 0 saturated heterocycles. The van der Waals surface area contributed by atoms with Crippen molar-refractivity contribution in [3.63, 3.8) is 0 Å². The molecule has 7 nitrogen and oxygen atoms in total. The van der Waals surface area contributed by atoms with E-state index in [2.05, 4.69) is 27.2 Å². The molecule has 2 N–H and O–H groups in total. The van der Waals surface area contributed by atoms with Gasteiger partial charge >= 0.3 is 12.0 Å². The Kier molecular flexibility index (Phi) is 4.59. The Hall–Kier alpha value is -1.63. The lowest BCUT2D eigenvalue weighted by atomic mass is 9.79. The fourth-order valence-electron chi connectivity index (χ4n) is 2.32. The molecule has 1 saturated carbocycles. The maximum Gasteiger partial charge on any atom is 0.324 e. The second kappa shape index (κ2) is 6.21. The first-order chi connectivity index (χ1) is 9.54. The van der Waals surface area contributed by atoms with Crippen LogP contribution in [0.5, 0.6) is 12.0 Å². The van der Waals surface area contributed by atoms with Crippen LogP contribution < -0.4 is 14.8 Å². The van der Waals surface area contributed by atoms with Crippen molar-refractivity contribution in [2.45, 2.75) is 38.2 Å². The van der Waals surface area contributed by atoms with Crippen molar-refractivity contribution in [2.24, 2.45) is 5.92 Å². The second-order valence-corrected chi connectivity index (χ2v) is 5.39. The van der Waals surface area contributed by atoms with Crippen molar-refractivity contribution >= 4 is 5.95 Å². The highest BCUT2D eigenvalue weighted by molar-refractivity contribution is 5.28. The number of nitrogens with one attached hydrogen (secondary N) is 1. The zero-order valence-corrected chi connectivity index (χ0v) is 12.2. The third kappa shape index (κ3) is 3.69. The van der Waals surface area contributed by atoms with Gasteiger partial charge in [-0.05, 0) is 31.6 Å². The third-order valence-corrected chi connectivity index (χ3v) is 3.74. The predicted molar refractivity (Wildman–Crippen MR) is 74.0 cm³/mol. The fraction of sp³-hybridized carbons (Fsp3) is 0.769. The van der Waals surface area contributed by atoms with E-state index in [0.717, 1.165) is 25.7 Å². The molecule has 0 aliphatic heterocycles. The van der Waals surface area contributed by atoms with Crippen LogP contribution >= 0.6 is 0 Å². The largest absolute Gasteiger partial charge is 0.467 e. The van der Waals surface area contributed by atoms with Crippen LogP contribution in [-0.2, 0) is 0 Å². The summed E-state index contributed by atoms with van der Waals surface area (Å²) in [5.74, 6) is 1.04. The van der Waals surface area contributed by atoms with Crippen LogP contribution in [0.1, 0.15) is 32.6 Å². The molecule has 1 aromatic rings. The number of anilines is 1. The summed E-state index contributed by atoms with van der Waals surface area (Å²) < 4.78 is 9.97. The Morgan fingerprint density at radius 3 is 2.20 bits per heavy atom. The Morgan fingerprint density at radius 2 is 1.70 bits per heavy atom. The van der Waals surface area contributed by atoms with Gasteiger partial charge < -0.3 is 19.9 Å². The molecule has 0 unspecified atom stereocenters. The number of hydrogen-bond acceptors (Lipinski definition) is 7. The average Bonchev–Trinajstić information content (AvgIpc) is 2.48. The van der Waals surface area contributed by atoms with Gasteiger partial charge in [-0.1, -0.05) is 6.92 Å². The lowest BCUT2D eigenvalue weighted by Gasteiger charge is -2.34. The molecule has 0 atom stereocenters. The Labute approximate surface area is 118 Å². The maximum atomic E-state index is 10.5. The molecule has 0 spiro atoms. The van der Waals surface area contributed by atoms with Gasteiger partial charge in [0.15, 0.2) is 0 Å². The predicted octanol–water partition coefficient (Wildman–Crippen LogP) is 1.24. The molecule has 0 amide bonds. The second-order valence-electron chi connectivity index (χ2n) is 5.39. The van der Waals surface area contributed by atoms with Gasteiger partial charge in [0.25, 0.3) is 0 Å². The smallest absolute Gasteiger partial charge is 0.324 e.